The van der Waals surface area contributed by atoms with Crippen molar-refractivity contribution >= 4 is 16.3 Å². The molecule has 0 aliphatic carbocycles. The summed E-state index contributed by atoms with van der Waals surface area (Å²) < 4.78 is 1.84. The lowest BCUT2D eigenvalue weighted by Crippen LogP contribution is -2.17. The zero-order chi connectivity index (χ0) is 12.6. The zero-order valence-corrected chi connectivity index (χ0v) is 11.5. The molecule has 0 radical (unpaired) electrons. The molecule has 0 fully saturated rings. The van der Waals surface area contributed by atoms with Gasteiger partial charge in [0, 0.05) is 6.42 Å². The summed E-state index contributed by atoms with van der Waals surface area (Å²) in [5.74, 6) is 1.85. The van der Waals surface area contributed by atoms with Crippen LogP contribution in [0.2, 0.25) is 0 Å². The van der Waals surface area contributed by atoms with Gasteiger partial charge < -0.3 is 5.73 Å². The van der Waals surface area contributed by atoms with Crippen molar-refractivity contribution in [2.75, 3.05) is 0 Å². The lowest BCUT2D eigenvalue weighted by Gasteiger charge is -2.10. The van der Waals surface area contributed by atoms with Crippen molar-refractivity contribution in [2.45, 2.75) is 40.2 Å². The molecule has 0 saturated heterocycles. The van der Waals surface area contributed by atoms with E-state index in [0.29, 0.717) is 11.8 Å². The molecule has 5 nitrogen and oxygen atoms in total. The van der Waals surface area contributed by atoms with E-state index in [9.17, 15) is 0 Å². The van der Waals surface area contributed by atoms with Gasteiger partial charge in [0.2, 0.25) is 4.96 Å². The van der Waals surface area contributed by atoms with Crippen molar-refractivity contribution in [3.8, 4) is 0 Å². The molecule has 2 aromatic rings. The summed E-state index contributed by atoms with van der Waals surface area (Å²) in [6.45, 7) is 8.52. The van der Waals surface area contributed by atoms with Crippen LogP contribution in [0.1, 0.15) is 44.6 Å². The molecule has 0 aliphatic rings. The summed E-state index contributed by atoms with van der Waals surface area (Å²) in [6.07, 6.45) is 0.890. The van der Waals surface area contributed by atoms with Crippen LogP contribution in [-0.2, 0) is 6.42 Å². The number of hydrogen-bond acceptors (Lipinski definition) is 5. The van der Waals surface area contributed by atoms with Crippen LogP contribution in [-0.4, -0.2) is 19.8 Å². The Bertz CT molecular complexity index is 499. The number of rotatable bonds is 4. The van der Waals surface area contributed by atoms with Gasteiger partial charge in [0.15, 0.2) is 5.82 Å². The van der Waals surface area contributed by atoms with Gasteiger partial charge in [0.1, 0.15) is 5.01 Å². The molecule has 2 heterocycles. The van der Waals surface area contributed by atoms with Gasteiger partial charge in [-0.25, -0.2) is 0 Å². The molecule has 6 heteroatoms. The van der Waals surface area contributed by atoms with Crippen molar-refractivity contribution in [1.29, 1.82) is 0 Å². The summed E-state index contributed by atoms with van der Waals surface area (Å²) in [4.78, 5) is 0.840. The molecule has 1 unspecified atom stereocenters. The van der Waals surface area contributed by atoms with Gasteiger partial charge in [-0.1, -0.05) is 39.0 Å². The molecule has 94 valence electrons. The topological polar surface area (TPSA) is 69.1 Å². The fraction of sp³-hybridized carbons (Fsp3) is 0.727. The molecule has 0 saturated carbocycles. The van der Waals surface area contributed by atoms with Crippen molar-refractivity contribution in [1.82, 2.24) is 19.8 Å². The zero-order valence-electron chi connectivity index (χ0n) is 10.7. The summed E-state index contributed by atoms with van der Waals surface area (Å²) in [5.41, 5.74) is 6.10. The minimum absolute atomic E-state index is 0.0198. The largest absolute Gasteiger partial charge is 0.322 e. The lowest BCUT2D eigenvalue weighted by molar-refractivity contribution is 0.504. The van der Waals surface area contributed by atoms with Crippen molar-refractivity contribution < 1.29 is 0 Å². The molecular formula is C11H19N5S. The van der Waals surface area contributed by atoms with Gasteiger partial charge >= 0.3 is 0 Å². The average Bonchev–Trinajstić information content (AvgIpc) is 2.78. The standard InChI is InChI=1S/C11H19N5S/c1-6(2)5-8-13-14-11-16(8)15-10(17-11)9(12)7(3)4/h6-7,9H,5,12H2,1-4H3. The first-order chi connectivity index (χ1) is 7.99. The summed E-state index contributed by atoms with van der Waals surface area (Å²) >= 11 is 1.53. The van der Waals surface area contributed by atoms with Crippen LogP contribution in [0.4, 0.5) is 0 Å². The van der Waals surface area contributed by atoms with Gasteiger partial charge in [0.25, 0.3) is 0 Å². The summed E-state index contributed by atoms with van der Waals surface area (Å²) in [6, 6.07) is -0.0198. The first kappa shape index (κ1) is 12.4. The highest BCUT2D eigenvalue weighted by atomic mass is 32.1. The molecule has 17 heavy (non-hydrogen) atoms. The number of hydrogen-bond donors (Lipinski definition) is 1. The Balaban J connectivity index is 2.34. The van der Waals surface area contributed by atoms with E-state index in [2.05, 4.69) is 43.0 Å². The maximum absolute atomic E-state index is 6.10. The summed E-state index contributed by atoms with van der Waals surface area (Å²) in [7, 11) is 0. The van der Waals surface area contributed by atoms with Crippen LogP contribution in [0.25, 0.3) is 4.96 Å². The second-order valence-corrected chi connectivity index (χ2v) is 6.11. The van der Waals surface area contributed by atoms with Gasteiger partial charge in [-0.2, -0.15) is 9.61 Å². The van der Waals surface area contributed by atoms with E-state index in [4.69, 9.17) is 5.73 Å². The predicted molar refractivity (Wildman–Crippen MR) is 69.0 cm³/mol. The van der Waals surface area contributed by atoms with Crippen LogP contribution in [0, 0.1) is 11.8 Å². The van der Waals surface area contributed by atoms with E-state index < -0.39 is 0 Å². The smallest absolute Gasteiger partial charge is 0.234 e. The number of nitrogens with zero attached hydrogens (tertiary/aromatic N) is 4. The fourth-order valence-electron chi connectivity index (χ4n) is 1.58. The molecule has 0 amide bonds. The Labute approximate surface area is 105 Å². The van der Waals surface area contributed by atoms with Crippen molar-refractivity contribution in [2.24, 2.45) is 17.6 Å². The van der Waals surface area contributed by atoms with Gasteiger partial charge in [0.05, 0.1) is 6.04 Å². The third-order valence-electron chi connectivity index (χ3n) is 2.67. The Hall–Kier alpha value is -1.01. The first-order valence-electron chi connectivity index (χ1n) is 5.95. The average molecular weight is 253 g/mol. The van der Waals surface area contributed by atoms with E-state index in [1.807, 2.05) is 4.52 Å². The molecule has 2 N–H and O–H groups in total. The second kappa shape index (κ2) is 4.70. The maximum atomic E-state index is 6.10. The highest BCUT2D eigenvalue weighted by molar-refractivity contribution is 7.16. The van der Waals surface area contributed by atoms with E-state index in [-0.39, 0.29) is 6.04 Å². The molecular weight excluding hydrogens is 234 g/mol. The molecule has 0 bridgehead atoms. The highest BCUT2D eigenvalue weighted by Gasteiger charge is 2.18. The third-order valence-corrected chi connectivity index (χ3v) is 3.67. The van der Waals surface area contributed by atoms with E-state index >= 15 is 0 Å². The Morgan fingerprint density at radius 3 is 2.53 bits per heavy atom. The number of aromatic nitrogens is 4. The molecule has 0 aromatic carbocycles. The van der Waals surface area contributed by atoms with Crippen LogP contribution >= 0.6 is 11.3 Å². The quantitative estimate of drug-likeness (QED) is 0.905. The van der Waals surface area contributed by atoms with Gasteiger partial charge in [-0.15, -0.1) is 10.2 Å². The Morgan fingerprint density at radius 1 is 1.24 bits per heavy atom. The normalized spacial score (nSPS) is 14.1. The van der Waals surface area contributed by atoms with Crippen LogP contribution in [0.5, 0.6) is 0 Å². The Kier molecular flexibility index (Phi) is 3.44. The molecule has 1 atom stereocenters. The van der Waals surface area contributed by atoms with Crippen molar-refractivity contribution in [3.63, 3.8) is 0 Å². The second-order valence-electron chi connectivity index (χ2n) is 5.12. The molecule has 2 rings (SSSR count). The molecule has 0 aliphatic heterocycles. The predicted octanol–water partition coefficient (Wildman–Crippen LogP) is 2.04. The van der Waals surface area contributed by atoms with E-state index in [0.717, 1.165) is 22.2 Å². The van der Waals surface area contributed by atoms with Crippen LogP contribution in [0.15, 0.2) is 0 Å². The lowest BCUT2D eigenvalue weighted by atomic mass is 10.1. The number of fused-ring (bicyclic) bond motifs is 1. The number of nitrogens with two attached hydrogens (primary N) is 1. The van der Waals surface area contributed by atoms with Crippen LogP contribution in [0.3, 0.4) is 0 Å². The molecule has 0 spiro atoms. The third kappa shape index (κ3) is 2.47. The van der Waals surface area contributed by atoms with Gasteiger partial charge in [-0.3, -0.25) is 0 Å². The van der Waals surface area contributed by atoms with E-state index in [1.54, 1.807) is 0 Å². The minimum Gasteiger partial charge on any atom is -0.322 e. The SMILES string of the molecule is CC(C)Cc1nnc2sc(C(N)C(C)C)nn12. The Morgan fingerprint density at radius 2 is 1.94 bits per heavy atom. The highest BCUT2D eigenvalue weighted by Crippen LogP contribution is 2.24. The first-order valence-corrected chi connectivity index (χ1v) is 6.77. The molecule has 2 aromatic heterocycles. The fourth-order valence-corrected chi connectivity index (χ4v) is 2.62. The monoisotopic (exact) mass is 253 g/mol. The van der Waals surface area contributed by atoms with E-state index in [1.165, 1.54) is 11.3 Å². The summed E-state index contributed by atoms with van der Waals surface area (Å²) in [5, 5.41) is 13.8. The van der Waals surface area contributed by atoms with Crippen molar-refractivity contribution in [3.05, 3.63) is 10.8 Å². The minimum atomic E-state index is -0.0198. The van der Waals surface area contributed by atoms with Gasteiger partial charge in [-0.05, 0) is 11.8 Å². The maximum Gasteiger partial charge on any atom is 0.234 e. The van der Waals surface area contributed by atoms with Crippen LogP contribution < -0.4 is 5.73 Å².